The van der Waals surface area contributed by atoms with Crippen LogP contribution in [0, 0.1) is 0 Å². The van der Waals surface area contributed by atoms with E-state index in [-0.39, 0.29) is 6.42 Å². The molecule has 0 N–H and O–H groups in total. The Morgan fingerprint density at radius 1 is 0.895 bits per heavy atom. The zero-order valence-corrected chi connectivity index (χ0v) is 37.3. The second-order valence-corrected chi connectivity index (χ2v) is 20.5. The largest absolute Gasteiger partial charge is 0.748 e. The molecule has 57 heavy (non-hydrogen) atoms. The Hall–Kier alpha value is -2.50. The predicted octanol–water partition coefficient (Wildman–Crippen LogP) is 8.23. The topological polar surface area (TPSA) is 142 Å². The van der Waals surface area contributed by atoms with Gasteiger partial charge in [-0.2, -0.15) is 13.2 Å². The number of fused-ring (bicyclic) bond motifs is 2. The van der Waals surface area contributed by atoms with Gasteiger partial charge in [-0.1, -0.05) is 63.0 Å². The van der Waals surface area contributed by atoms with Crippen LogP contribution in [0.25, 0.3) is 0 Å². The maximum atomic E-state index is 14.5. The van der Waals surface area contributed by atoms with Crippen molar-refractivity contribution in [3.63, 3.8) is 0 Å². The van der Waals surface area contributed by atoms with E-state index >= 15 is 0 Å². The van der Waals surface area contributed by atoms with Crippen molar-refractivity contribution in [3.05, 3.63) is 104 Å². The van der Waals surface area contributed by atoms with E-state index in [9.17, 15) is 26.6 Å². The Balaban J connectivity index is 1.58. The number of nitrogens with zero attached hydrogens (tertiary/aromatic N) is 3. The average molecular weight is 882 g/mol. The first-order valence-corrected chi connectivity index (χ1v) is 23.9. The summed E-state index contributed by atoms with van der Waals surface area (Å²) in [4.78, 5) is 2.57. The molecule has 0 atom stereocenters. The second kappa shape index (κ2) is 18.8. The van der Waals surface area contributed by atoms with Crippen molar-refractivity contribution < 1.29 is 40.6 Å². The van der Waals surface area contributed by atoms with Crippen molar-refractivity contribution in [1.82, 2.24) is 4.31 Å². The molecule has 0 fully saturated rings. The molecule has 312 valence electrons. The fourth-order valence-corrected chi connectivity index (χ4v) is 11.5. The highest BCUT2D eigenvalue weighted by Gasteiger charge is 2.45. The third kappa shape index (κ3) is 10.1. The fraction of sp³-hybridized carbons (Fsp3) is 0.488. The van der Waals surface area contributed by atoms with Gasteiger partial charge < -0.3 is 14.7 Å². The molecule has 2 aromatic carbocycles. The molecule has 0 bridgehead atoms. The lowest BCUT2D eigenvalue weighted by Crippen LogP contribution is -2.32. The van der Waals surface area contributed by atoms with Crippen LogP contribution < -0.4 is 10.2 Å². The molecule has 2 aromatic rings. The van der Waals surface area contributed by atoms with Crippen molar-refractivity contribution in [2.24, 2.45) is 0 Å². The van der Waals surface area contributed by atoms with Gasteiger partial charge in [0.05, 0.1) is 20.4 Å². The lowest BCUT2D eigenvalue weighted by molar-refractivity contribution is -0.777. The van der Waals surface area contributed by atoms with Gasteiger partial charge in [0, 0.05) is 94.2 Å². The normalized spacial score (nSPS) is 19.3. The van der Waals surface area contributed by atoms with E-state index in [0.717, 1.165) is 64.4 Å². The van der Waals surface area contributed by atoms with E-state index in [1.54, 1.807) is 0 Å². The standard InChI is InChI=1S/C41H53Cl2N3O8S3/c1-7-44(8-2)57(51,52)39-29(15-21-37-40(3,4)33-27-31(42)17-19-35(33)45(37)23-9-11-25-55-54-53-47)13-14-30(39)16-22-38-41(5,6)34-28-32(43)18-20-36(34)46(38)24-10-12-26-56(48,49)50/h15-22,27-28H,7-14,23-26H2,1-6H3,(H-,47,48,49,50)/p-1. The number of allylic oxidation sites excluding steroid dienone is 7. The molecule has 2 heterocycles. The molecule has 5 rings (SSSR count). The number of unbranched alkanes of at least 4 members (excludes halogenated alkanes) is 2. The van der Waals surface area contributed by atoms with Crippen LogP contribution in [-0.4, -0.2) is 73.7 Å². The van der Waals surface area contributed by atoms with Crippen LogP contribution in [-0.2, 0) is 40.3 Å². The third-order valence-electron chi connectivity index (χ3n) is 11.1. The van der Waals surface area contributed by atoms with Crippen LogP contribution in [0.2, 0.25) is 10.0 Å². The Kier molecular flexibility index (Phi) is 15.1. The first-order chi connectivity index (χ1) is 26.9. The molecule has 11 nitrogen and oxygen atoms in total. The predicted molar refractivity (Wildman–Crippen MR) is 227 cm³/mol. The quantitative estimate of drug-likeness (QED) is 0.0338. The molecule has 0 unspecified atom stereocenters. The first-order valence-electron chi connectivity index (χ1n) is 19.3. The second-order valence-electron chi connectivity index (χ2n) is 15.4. The molecule has 16 heteroatoms. The number of anilines is 1. The first kappa shape index (κ1) is 45.6. The molecule has 0 saturated carbocycles. The summed E-state index contributed by atoms with van der Waals surface area (Å²) in [7, 11) is -8.22. The number of hydrogen-bond acceptors (Lipinski definition) is 10. The summed E-state index contributed by atoms with van der Waals surface area (Å²) in [6.45, 7) is 13.9. The summed E-state index contributed by atoms with van der Waals surface area (Å²) in [5, 5.41) is 14.9. The molecule has 0 saturated heterocycles. The van der Waals surface area contributed by atoms with Gasteiger partial charge in [0.1, 0.15) is 6.54 Å². The molecule has 0 spiro atoms. The van der Waals surface area contributed by atoms with Gasteiger partial charge in [0.2, 0.25) is 15.7 Å². The summed E-state index contributed by atoms with van der Waals surface area (Å²) in [6.07, 6.45) is 11.2. The van der Waals surface area contributed by atoms with Gasteiger partial charge in [-0.05, 0) is 99.1 Å². The summed E-state index contributed by atoms with van der Waals surface area (Å²) < 4.78 is 71.1. The van der Waals surface area contributed by atoms with Crippen LogP contribution in [0.4, 0.5) is 11.4 Å². The molecule has 0 aromatic heterocycles. The van der Waals surface area contributed by atoms with E-state index in [2.05, 4.69) is 52.6 Å². The van der Waals surface area contributed by atoms with Gasteiger partial charge in [-0.15, -0.1) is 0 Å². The smallest absolute Gasteiger partial charge is 0.243 e. The van der Waals surface area contributed by atoms with E-state index < -0.39 is 36.7 Å². The van der Waals surface area contributed by atoms with Crippen molar-refractivity contribution in [1.29, 1.82) is 0 Å². The lowest BCUT2D eigenvalue weighted by atomic mass is 9.81. The molecular formula is C41H52Cl2N3O8S3-. The van der Waals surface area contributed by atoms with Crippen molar-refractivity contribution >= 4 is 72.5 Å². The number of rotatable bonds is 19. The van der Waals surface area contributed by atoms with Crippen LogP contribution in [0.15, 0.2) is 82.5 Å². The number of sulfonamides is 1. The van der Waals surface area contributed by atoms with E-state index in [1.165, 1.54) is 4.31 Å². The maximum Gasteiger partial charge on any atom is 0.243 e. The number of benzene rings is 2. The van der Waals surface area contributed by atoms with Gasteiger partial charge in [0.25, 0.3) is 0 Å². The van der Waals surface area contributed by atoms with Gasteiger partial charge >= 0.3 is 0 Å². The lowest BCUT2D eigenvalue weighted by Gasteiger charge is -2.27. The van der Waals surface area contributed by atoms with Crippen molar-refractivity contribution in [3.8, 4) is 0 Å². The van der Waals surface area contributed by atoms with E-state index in [1.807, 2.05) is 68.5 Å². The minimum Gasteiger partial charge on any atom is -0.748 e. The third-order valence-corrected chi connectivity index (χ3v) is 15.2. The molecule has 1 aliphatic carbocycles. The van der Waals surface area contributed by atoms with E-state index in [0.29, 0.717) is 71.7 Å². The van der Waals surface area contributed by atoms with Crippen molar-refractivity contribution in [2.75, 3.05) is 42.6 Å². The van der Waals surface area contributed by atoms with Crippen LogP contribution in [0.1, 0.15) is 91.2 Å². The number of hydrogen-bond donors (Lipinski definition) is 0. The van der Waals surface area contributed by atoms with Crippen molar-refractivity contribution in [2.45, 2.75) is 90.9 Å². The fourth-order valence-electron chi connectivity index (χ4n) is 8.21. The highest BCUT2D eigenvalue weighted by molar-refractivity contribution is 7.94. The minimum absolute atomic E-state index is 0.224. The summed E-state index contributed by atoms with van der Waals surface area (Å²) in [6, 6.07) is 11.6. The maximum absolute atomic E-state index is 14.5. The Labute approximate surface area is 352 Å². The Morgan fingerprint density at radius 2 is 1.58 bits per heavy atom. The summed E-state index contributed by atoms with van der Waals surface area (Å²) in [5.41, 5.74) is 6.50. The highest BCUT2D eigenvalue weighted by atomic mass is 35.5. The summed E-state index contributed by atoms with van der Waals surface area (Å²) in [5.74, 6) is 0.153. The monoisotopic (exact) mass is 880 g/mol. The van der Waals surface area contributed by atoms with E-state index in [4.69, 9.17) is 23.2 Å². The molecule has 0 amide bonds. The molecular weight excluding hydrogens is 830 g/mol. The molecule has 0 radical (unpaired) electrons. The number of halogens is 2. The highest BCUT2D eigenvalue weighted by Crippen LogP contribution is 2.49. The SMILES string of the molecule is CCN(CC)S(=O)(=O)C1=C(/C=C/C2=[N+](CCCCS(=O)(=O)[O-])c3ccc(Cl)cc3C2(C)C)CC/C1=C\C=C1\N(CCCCSOO[O-])c2ccc(Cl)cc2C1(C)C. The molecule has 2 aliphatic heterocycles. The zero-order valence-electron chi connectivity index (χ0n) is 33.3. The van der Waals surface area contributed by atoms with Crippen LogP contribution >= 0.6 is 35.2 Å². The van der Waals surface area contributed by atoms with Gasteiger partial charge in [-0.25, -0.2) is 16.8 Å². The van der Waals surface area contributed by atoms with Gasteiger partial charge in [-0.3, -0.25) is 5.04 Å². The van der Waals surface area contributed by atoms with Gasteiger partial charge in [0.15, 0.2) is 5.71 Å². The average Bonchev–Trinajstić information content (AvgIpc) is 3.71. The Morgan fingerprint density at radius 3 is 2.25 bits per heavy atom. The molecule has 3 aliphatic rings. The van der Waals surface area contributed by atoms with Crippen LogP contribution in [0.3, 0.4) is 0 Å². The zero-order chi connectivity index (χ0) is 41.8. The van der Waals surface area contributed by atoms with Crippen LogP contribution in [0.5, 0.6) is 0 Å². The Bertz CT molecular complexity index is 2210. The minimum atomic E-state index is -4.33. The summed E-state index contributed by atoms with van der Waals surface area (Å²) >= 11 is 13.9.